The molecule has 80 valence electrons. The number of ether oxygens (including phenoxy) is 1. The molecule has 0 radical (unpaired) electrons. The van der Waals surface area contributed by atoms with Gasteiger partial charge in [-0.2, -0.15) is 0 Å². The molecule has 0 aromatic heterocycles. The van der Waals surface area contributed by atoms with Gasteiger partial charge >= 0.3 is 0 Å². The van der Waals surface area contributed by atoms with Crippen LogP contribution in [0.25, 0.3) is 6.08 Å². The summed E-state index contributed by atoms with van der Waals surface area (Å²) in [6, 6.07) is 6.41. The van der Waals surface area contributed by atoms with Crippen molar-refractivity contribution < 1.29 is 4.74 Å². The molecule has 0 N–H and O–H groups in total. The van der Waals surface area contributed by atoms with Crippen LogP contribution in [-0.2, 0) is 0 Å². The third-order valence-corrected chi connectivity index (χ3v) is 3.28. The van der Waals surface area contributed by atoms with Crippen LogP contribution in [0.3, 0.4) is 0 Å². The van der Waals surface area contributed by atoms with Gasteiger partial charge in [0.15, 0.2) is 0 Å². The molecule has 2 rings (SSSR count). The summed E-state index contributed by atoms with van der Waals surface area (Å²) in [5, 5.41) is 0. The summed E-state index contributed by atoms with van der Waals surface area (Å²) in [5.41, 5.74) is 2.51. The van der Waals surface area contributed by atoms with Crippen molar-refractivity contribution in [3.8, 4) is 5.75 Å². The van der Waals surface area contributed by atoms with E-state index < -0.39 is 0 Å². The van der Waals surface area contributed by atoms with E-state index in [0.29, 0.717) is 5.92 Å². The number of rotatable bonds is 1. The van der Waals surface area contributed by atoms with Crippen LogP contribution in [0, 0.1) is 0 Å². The zero-order chi connectivity index (χ0) is 11.1. The minimum atomic E-state index is -0.0725. The molecule has 15 heavy (non-hydrogen) atoms. The lowest BCUT2D eigenvalue weighted by Gasteiger charge is -2.22. The quantitative estimate of drug-likeness (QED) is 0.669. The second kappa shape index (κ2) is 3.41. The fraction of sp³-hybridized carbons (Fsp3) is 0.429. The topological polar surface area (TPSA) is 9.23 Å². The Bertz CT molecular complexity index is 402. The van der Waals surface area contributed by atoms with Gasteiger partial charge in [-0.15, -0.1) is 0 Å². The molecule has 0 unspecified atom stereocenters. The monoisotopic (exact) mass is 202 g/mol. The summed E-state index contributed by atoms with van der Waals surface area (Å²) in [5.74, 6) is 1.50. The SMILES string of the molecule is C/C=C/c1ccc2c(c1)[C@H](C)C(C)(C)O2. The van der Waals surface area contributed by atoms with E-state index in [1.807, 2.05) is 6.92 Å². The largest absolute Gasteiger partial charge is 0.487 e. The van der Waals surface area contributed by atoms with E-state index in [9.17, 15) is 0 Å². The highest BCUT2D eigenvalue weighted by atomic mass is 16.5. The Kier molecular flexibility index (Phi) is 2.34. The van der Waals surface area contributed by atoms with Gasteiger partial charge in [-0.05, 0) is 38.5 Å². The maximum Gasteiger partial charge on any atom is 0.123 e. The van der Waals surface area contributed by atoms with E-state index in [-0.39, 0.29) is 5.60 Å². The number of benzene rings is 1. The molecule has 0 spiro atoms. The third kappa shape index (κ3) is 1.67. The Morgan fingerprint density at radius 3 is 2.73 bits per heavy atom. The lowest BCUT2D eigenvalue weighted by Crippen LogP contribution is -2.28. The van der Waals surface area contributed by atoms with Crippen molar-refractivity contribution in [2.75, 3.05) is 0 Å². The zero-order valence-electron chi connectivity index (χ0n) is 9.87. The lowest BCUT2D eigenvalue weighted by atomic mass is 9.88. The minimum absolute atomic E-state index is 0.0725. The molecule has 1 heterocycles. The fourth-order valence-electron chi connectivity index (χ4n) is 2.04. The molecule has 0 saturated carbocycles. The lowest BCUT2D eigenvalue weighted by molar-refractivity contribution is 0.116. The van der Waals surface area contributed by atoms with Crippen molar-refractivity contribution in [3.05, 3.63) is 35.4 Å². The Hall–Kier alpha value is -1.24. The molecule has 1 aliphatic heterocycles. The number of hydrogen-bond donors (Lipinski definition) is 0. The van der Waals surface area contributed by atoms with Crippen LogP contribution >= 0.6 is 0 Å². The van der Waals surface area contributed by atoms with Crippen molar-refractivity contribution in [2.45, 2.75) is 39.2 Å². The van der Waals surface area contributed by atoms with E-state index in [1.165, 1.54) is 11.1 Å². The molecule has 1 aliphatic rings. The summed E-state index contributed by atoms with van der Waals surface area (Å²) in [7, 11) is 0. The van der Waals surface area contributed by atoms with Gasteiger partial charge in [0.1, 0.15) is 11.4 Å². The Morgan fingerprint density at radius 2 is 2.07 bits per heavy atom. The second-order valence-corrected chi connectivity index (χ2v) is 4.72. The normalized spacial score (nSPS) is 22.8. The van der Waals surface area contributed by atoms with Gasteiger partial charge in [0.2, 0.25) is 0 Å². The molecular formula is C14H18O. The summed E-state index contributed by atoms with van der Waals surface area (Å²) >= 11 is 0. The first-order chi connectivity index (χ1) is 7.04. The predicted molar refractivity (Wildman–Crippen MR) is 64.3 cm³/mol. The summed E-state index contributed by atoms with van der Waals surface area (Å²) in [6.45, 7) is 8.56. The zero-order valence-corrected chi connectivity index (χ0v) is 9.87. The van der Waals surface area contributed by atoms with Crippen LogP contribution in [-0.4, -0.2) is 5.60 Å². The van der Waals surface area contributed by atoms with Gasteiger partial charge in [0, 0.05) is 11.5 Å². The van der Waals surface area contributed by atoms with Crippen molar-refractivity contribution >= 4 is 6.08 Å². The third-order valence-electron chi connectivity index (χ3n) is 3.28. The molecule has 0 bridgehead atoms. The van der Waals surface area contributed by atoms with Crippen LogP contribution < -0.4 is 4.74 Å². The predicted octanol–water partition coefficient (Wildman–Crippen LogP) is 3.99. The first-order valence-corrected chi connectivity index (χ1v) is 5.50. The molecule has 1 heteroatoms. The minimum Gasteiger partial charge on any atom is -0.487 e. The van der Waals surface area contributed by atoms with Crippen molar-refractivity contribution in [1.82, 2.24) is 0 Å². The standard InChI is InChI=1S/C14H18O/c1-5-6-11-7-8-13-12(9-11)10(2)14(3,4)15-13/h5-10H,1-4H3/b6-5+/t10-/m0/s1. The van der Waals surface area contributed by atoms with Crippen LogP contribution in [0.4, 0.5) is 0 Å². The highest BCUT2D eigenvalue weighted by Gasteiger charge is 2.37. The first-order valence-electron chi connectivity index (χ1n) is 5.50. The Morgan fingerprint density at radius 1 is 1.33 bits per heavy atom. The molecule has 0 aliphatic carbocycles. The van der Waals surface area contributed by atoms with E-state index in [1.54, 1.807) is 0 Å². The van der Waals surface area contributed by atoms with E-state index in [4.69, 9.17) is 4.74 Å². The highest BCUT2D eigenvalue weighted by molar-refractivity contribution is 5.55. The number of fused-ring (bicyclic) bond motifs is 1. The van der Waals surface area contributed by atoms with Crippen molar-refractivity contribution in [3.63, 3.8) is 0 Å². The summed E-state index contributed by atoms with van der Waals surface area (Å²) in [4.78, 5) is 0. The molecular weight excluding hydrogens is 184 g/mol. The maximum atomic E-state index is 5.92. The van der Waals surface area contributed by atoms with Gasteiger partial charge in [-0.25, -0.2) is 0 Å². The molecule has 0 fully saturated rings. The van der Waals surface area contributed by atoms with Crippen LogP contribution in [0.1, 0.15) is 44.7 Å². The summed E-state index contributed by atoms with van der Waals surface area (Å²) in [6.07, 6.45) is 4.19. The number of hydrogen-bond acceptors (Lipinski definition) is 1. The van der Waals surface area contributed by atoms with Gasteiger partial charge in [-0.3, -0.25) is 0 Å². The molecule has 1 nitrogen and oxygen atoms in total. The van der Waals surface area contributed by atoms with Crippen molar-refractivity contribution in [1.29, 1.82) is 0 Å². The van der Waals surface area contributed by atoms with Crippen LogP contribution in [0.15, 0.2) is 24.3 Å². The van der Waals surface area contributed by atoms with Gasteiger partial charge in [-0.1, -0.05) is 25.1 Å². The van der Waals surface area contributed by atoms with Crippen molar-refractivity contribution in [2.24, 2.45) is 0 Å². The number of allylic oxidation sites excluding steroid dienone is 1. The van der Waals surface area contributed by atoms with E-state index in [2.05, 4.69) is 51.1 Å². The molecule has 1 atom stereocenters. The van der Waals surface area contributed by atoms with Crippen LogP contribution in [0.2, 0.25) is 0 Å². The average Bonchev–Trinajstić information content (AvgIpc) is 2.40. The molecule has 1 aromatic carbocycles. The average molecular weight is 202 g/mol. The summed E-state index contributed by atoms with van der Waals surface area (Å²) < 4.78 is 5.92. The molecule has 0 amide bonds. The smallest absolute Gasteiger partial charge is 0.123 e. The fourth-order valence-corrected chi connectivity index (χ4v) is 2.04. The van der Waals surface area contributed by atoms with E-state index >= 15 is 0 Å². The Labute approximate surface area is 91.8 Å². The second-order valence-electron chi connectivity index (χ2n) is 4.72. The van der Waals surface area contributed by atoms with Crippen LogP contribution in [0.5, 0.6) is 5.75 Å². The van der Waals surface area contributed by atoms with Gasteiger partial charge in [0.05, 0.1) is 0 Å². The maximum absolute atomic E-state index is 5.92. The van der Waals surface area contributed by atoms with Gasteiger partial charge in [0.25, 0.3) is 0 Å². The van der Waals surface area contributed by atoms with Gasteiger partial charge < -0.3 is 4.74 Å². The Balaban J connectivity index is 2.44. The molecule has 0 saturated heterocycles. The first kappa shape index (κ1) is 10.3. The molecule has 1 aromatic rings. The highest BCUT2D eigenvalue weighted by Crippen LogP contribution is 2.44. The van der Waals surface area contributed by atoms with E-state index in [0.717, 1.165) is 5.75 Å².